The highest BCUT2D eigenvalue weighted by Gasteiger charge is 2.21. The minimum Gasteiger partial charge on any atom is -0.338 e. The van der Waals surface area contributed by atoms with Crippen molar-refractivity contribution < 1.29 is 0 Å². The lowest BCUT2D eigenvalue weighted by atomic mass is 10.2. The zero-order valence-electron chi connectivity index (χ0n) is 18.1. The molecule has 0 saturated carbocycles. The Kier molecular flexibility index (Phi) is 6.48. The van der Waals surface area contributed by atoms with E-state index in [0.717, 1.165) is 43.5 Å². The standard InChI is InChI=1S/C24H24ClN7S/c25-21-9-7-20(8-10-21)22-28-32(24(33)31(22)17-19-5-2-1-3-6-19)18-29-13-15-30(16-14-29)23-26-11-4-12-27-23/h1-12H,13-18H2. The summed E-state index contributed by atoms with van der Waals surface area (Å²) in [6, 6.07) is 19.9. The predicted octanol–water partition coefficient (Wildman–Crippen LogP) is 4.35. The summed E-state index contributed by atoms with van der Waals surface area (Å²) in [5.41, 5.74) is 2.17. The van der Waals surface area contributed by atoms with Crippen LogP contribution in [0.25, 0.3) is 11.4 Å². The molecule has 0 unspecified atom stereocenters. The van der Waals surface area contributed by atoms with Crippen LogP contribution in [0.3, 0.4) is 0 Å². The van der Waals surface area contributed by atoms with Crippen molar-refractivity contribution in [3.05, 3.63) is 88.4 Å². The van der Waals surface area contributed by atoms with Gasteiger partial charge in [0, 0.05) is 49.2 Å². The Morgan fingerprint density at radius 3 is 2.24 bits per heavy atom. The minimum atomic E-state index is 0.644. The molecular formula is C24H24ClN7S. The number of hydrogen-bond acceptors (Lipinski definition) is 6. The molecule has 168 valence electrons. The number of aromatic nitrogens is 5. The molecule has 3 heterocycles. The molecule has 7 nitrogen and oxygen atoms in total. The van der Waals surface area contributed by atoms with E-state index in [1.54, 1.807) is 12.4 Å². The van der Waals surface area contributed by atoms with Crippen molar-refractivity contribution in [1.82, 2.24) is 29.2 Å². The van der Waals surface area contributed by atoms with Gasteiger partial charge in [0.25, 0.3) is 0 Å². The van der Waals surface area contributed by atoms with Crippen LogP contribution in [0.4, 0.5) is 5.95 Å². The molecule has 0 N–H and O–H groups in total. The summed E-state index contributed by atoms with van der Waals surface area (Å²) < 4.78 is 4.73. The second-order valence-electron chi connectivity index (χ2n) is 7.98. The van der Waals surface area contributed by atoms with E-state index in [-0.39, 0.29) is 0 Å². The van der Waals surface area contributed by atoms with E-state index in [2.05, 4.69) is 36.5 Å². The molecule has 0 radical (unpaired) electrons. The number of halogens is 1. The molecule has 2 aromatic heterocycles. The molecule has 0 atom stereocenters. The Morgan fingerprint density at radius 1 is 0.848 bits per heavy atom. The number of piperazine rings is 1. The zero-order chi connectivity index (χ0) is 22.6. The van der Waals surface area contributed by atoms with Gasteiger partial charge >= 0.3 is 0 Å². The Balaban J connectivity index is 1.38. The van der Waals surface area contributed by atoms with Gasteiger partial charge in [0.15, 0.2) is 10.6 Å². The van der Waals surface area contributed by atoms with Gasteiger partial charge in [-0.15, -0.1) is 0 Å². The summed E-state index contributed by atoms with van der Waals surface area (Å²) in [7, 11) is 0. The molecule has 1 fully saturated rings. The Labute approximate surface area is 202 Å². The molecule has 33 heavy (non-hydrogen) atoms. The second kappa shape index (κ2) is 9.82. The van der Waals surface area contributed by atoms with Crippen LogP contribution in [0.15, 0.2) is 73.1 Å². The average Bonchev–Trinajstić information content (AvgIpc) is 3.16. The summed E-state index contributed by atoms with van der Waals surface area (Å²) in [4.78, 5) is 13.3. The van der Waals surface area contributed by atoms with Crippen LogP contribution >= 0.6 is 23.8 Å². The third kappa shape index (κ3) is 4.98. The fourth-order valence-electron chi connectivity index (χ4n) is 3.99. The van der Waals surface area contributed by atoms with Gasteiger partial charge in [0.05, 0.1) is 13.2 Å². The first-order valence-corrected chi connectivity index (χ1v) is 11.7. The summed E-state index contributed by atoms with van der Waals surface area (Å²) in [6.45, 7) is 4.82. The van der Waals surface area contributed by atoms with Crippen molar-refractivity contribution >= 4 is 29.8 Å². The van der Waals surface area contributed by atoms with Crippen LogP contribution in [0.1, 0.15) is 5.56 Å². The van der Waals surface area contributed by atoms with Crippen molar-refractivity contribution in [3.63, 3.8) is 0 Å². The van der Waals surface area contributed by atoms with E-state index in [1.807, 2.05) is 53.2 Å². The quantitative estimate of drug-likeness (QED) is 0.385. The first-order valence-electron chi connectivity index (χ1n) is 10.9. The van der Waals surface area contributed by atoms with Crippen molar-refractivity contribution in [2.75, 3.05) is 31.1 Å². The van der Waals surface area contributed by atoms with Crippen molar-refractivity contribution in [2.24, 2.45) is 0 Å². The molecular weight excluding hydrogens is 454 g/mol. The van der Waals surface area contributed by atoms with E-state index >= 15 is 0 Å². The molecule has 1 saturated heterocycles. The Hall–Kier alpha value is -3.07. The molecule has 9 heteroatoms. The van der Waals surface area contributed by atoms with Crippen molar-refractivity contribution in [2.45, 2.75) is 13.2 Å². The van der Waals surface area contributed by atoms with E-state index in [0.29, 0.717) is 23.0 Å². The molecule has 0 aliphatic carbocycles. The summed E-state index contributed by atoms with van der Waals surface area (Å²) in [6.07, 6.45) is 3.57. The lowest BCUT2D eigenvalue weighted by Crippen LogP contribution is -2.47. The fraction of sp³-hybridized carbons (Fsp3) is 0.250. The summed E-state index contributed by atoms with van der Waals surface area (Å²) >= 11 is 12.0. The number of rotatable bonds is 6. The molecule has 1 aliphatic heterocycles. The normalized spacial score (nSPS) is 14.5. The maximum absolute atomic E-state index is 6.12. The van der Waals surface area contributed by atoms with E-state index in [4.69, 9.17) is 28.9 Å². The van der Waals surface area contributed by atoms with Crippen LogP contribution in [0, 0.1) is 4.77 Å². The number of anilines is 1. The fourth-order valence-corrected chi connectivity index (χ4v) is 4.36. The van der Waals surface area contributed by atoms with Crippen LogP contribution in [0.5, 0.6) is 0 Å². The van der Waals surface area contributed by atoms with E-state index < -0.39 is 0 Å². The second-order valence-corrected chi connectivity index (χ2v) is 8.78. The average molecular weight is 478 g/mol. The highest BCUT2D eigenvalue weighted by atomic mass is 35.5. The van der Waals surface area contributed by atoms with Gasteiger partial charge in [-0.2, -0.15) is 5.10 Å². The number of hydrogen-bond donors (Lipinski definition) is 0. The molecule has 4 aromatic rings. The van der Waals surface area contributed by atoms with Crippen LogP contribution in [-0.2, 0) is 13.2 Å². The lowest BCUT2D eigenvalue weighted by Gasteiger charge is -2.34. The molecule has 2 aromatic carbocycles. The molecule has 1 aliphatic rings. The monoisotopic (exact) mass is 477 g/mol. The van der Waals surface area contributed by atoms with Crippen LogP contribution in [-0.4, -0.2) is 55.4 Å². The molecule has 5 rings (SSSR count). The third-order valence-electron chi connectivity index (χ3n) is 5.75. The minimum absolute atomic E-state index is 0.644. The number of nitrogens with zero attached hydrogens (tertiary/aromatic N) is 7. The lowest BCUT2D eigenvalue weighted by molar-refractivity contribution is 0.193. The number of benzene rings is 2. The highest BCUT2D eigenvalue weighted by molar-refractivity contribution is 7.71. The van der Waals surface area contributed by atoms with Crippen LogP contribution in [0.2, 0.25) is 5.02 Å². The Bertz CT molecular complexity index is 1250. The topological polar surface area (TPSA) is 55.0 Å². The van der Waals surface area contributed by atoms with Gasteiger partial charge in [0.1, 0.15) is 0 Å². The summed E-state index contributed by atoms with van der Waals surface area (Å²) in [5.74, 6) is 1.63. The van der Waals surface area contributed by atoms with Gasteiger partial charge < -0.3 is 4.90 Å². The molecule has 0 spiro atoms. The van der Waals surface area contributed by atoms with Crippen LogP contribution < -0.4 is 4.90 Å². The first kappa shape index (κ1) is 21.8. The maximum Gasteiger partial charge on any atom is 0.225 e. The zero-order valence-corrected chi connectivity index (χ0v) is 19.7. The van der Waals surface area contributed by atoms with Crippen molar-refractivity contribution in [1.29, 1.82) is 0 Å². The third-order valence-corrected chi connectivity index (χ3v) is 6.43. The SMILES string of the molecule is S=c1n(CN2CCN(c3ncccn3)CC2)nc(-c2ccc(Cl)cc2)n1Cc1ccccc1. The molecule has 0 amide bonds. The largest absolute Gasteiger partial charge is 0.338 e. The van der Waals surface area contributed by atoms with E-state index in [9.17, 15) is 0 Å². The maximum atomic E-state index is 6.12. The van der Waals surface area contributed by atoms with Gasteiger partial charge in [-0.05, 0) is 48.1 Å². The molecule has 0 bridgehead atoms. The van der Waals surface area contributed by atoms with Gasteiger partial charge in [0.2, 0.25) is 5.95 Å². The van der Waals surface area contributed by atoms with Gasteiger partial charge in [-0.3, -0.25) is 9.47 Å². The Morgan fingerprint density at radius 2 is 1.55 bits per heavy atom. The van der Waals surface area contributed by atoms with Gasteiger partial charge in [-0.1, -0.05) is 41.9 Å². The summed E-state index contributed by atoms with van der Waals surface area (Å²) in [5, 5.41) is 5.63. The smallest absolute Gasteiger partial charge is 0.225 e. The first-order chi connectivity index (χ1) is 16.2. The predicted molar refractivity (Wildman–Crippen MR) is 133 cm³/mol. The highest BCUT2D eigenvalue weighted by Crippen LogP contribution is 2.22. The van der Waals surface area contributed by atoms with Gasteiger partial charge in [-0.25, -0.2) is 14.6 Å². The van der Waals surface area contributed by atoms with E-state index in [1.165, 1.54) is 5.56 Å². The van der Waals surface area contributed by atoms with Crippen molar-refractivity contribution in [3.8, 4) is 11.4 Å².